The number of hydrogen-bond acceptors (Lipinski definition) is 8. The number of aromatic nitrogens is 1. The second kappa shape index (κ2) is 10.3. The van der Waals surface area contributed by atoms with Gasteiger partial charge in [-0.15, -0.1) is 0 Å². The number of allylic oxidation sites excluding steroid dienone is 1. The number of esters is 1. The number of fused-ring (bicyclic) bond motifs is 1. The summed E-state index contributed by atoms with van der Waals surface area (Å²) in [6, 6.07) is 12.4. The fourth-order valence-corrected chi connectivity index (χ4v) is 4.98. The highest BCUT2D eigenvalue weighted by atomic mass is 32.1. The number of nitro groups is 1. The first-order valence-electron chi connectivity index (χ1n) is 11.4. The number of hydrogen-bond donors (Lipinski definition) is 0. The third kappa shape index (κ3) is 4.99. The summed E-state index contributed by atoms with van der Waals surface area (Å²) in [7, 11) is 0. The number of carbonyl (C=O) groups excluding carboxylic acids is 1. The SMILES string of the molecule is CCOc1ccc(C2C(C(=O)OC(C)C)=C(C)N=c3s/c(=C\c4ccc([N+](=O)[O-])cc4)c(=O)n32)cc1. The van der Waals surface area contributed by atoms with Crippen LogP contribution in [-0.4, -0.2) is 28.2 Å². The van der Waals surface area contributed by atoms with Gasteiger partial charge in [-0.2, -0.15) is 0 Å². The summed E-state index contributed by atoms with van der Waals surface area (Å²) < 4.78 is 12.9. The van der Waals surface area contributed by atoms with Crippen molar-refractivity contribution in [2.75, 3.05) is 6.61 Å². The van der Waals surface area contributed by atoms with Crippen molar-refractivity contribution in [3.8, 4) is 5.75 Å². The van der Waals surface area contributed by atoms with Gasteiger partial charge < -0.3 is 9.47 Å². The van der Waals surface area contributed by atoms with Gasteiger partial charge in [-0.25, -0.2) is 9.79 Å². The average molecular weight is 508 g/mol. The van der Waals surface area contributed by atoms with Gasteiger partial charge in [0.05, 0.1) is 39.5 Å². The first-order chi connectivity index (χ1) is 17.2. The third-order valence-electron chi connectivity index (χ3n) is 5.49. The number of non-ortho nitro benzene ring substituents is 1. The molecule has 36 heavy (non-hydrogen) atoms. The molecule has 1 aliphatic rings. The number of ether oxygens (including phenoxy) is 2. The number of nitro benzene ring substituents is 1. The summed E-state index contributed by atoms with van der Waals surface area (Å²) in [5.41, 5.74) is 1.77. The van der Waals surface area contributed by atoms with E-state index < -0.39 is 16.9 Å². The van der Waals surface area contributed by atoms with E-state index in [1.807, 2.05) is 19.1 Å². The molecule has 0 spiro atoms. The molecule has 0 amide bonds. The Morgan fingerprint density at radius 3 is 2.44 bits per heavy atom. The Hall–Kier alpha value is -4.05. The summed E-state index contributed by atoms with van der Waals surface area (Å²) in [5.74, 6) is 0.147. The quantitative estimate of drug-likeness (QED) is 0.275. The van der Waals surface area contributed by atoms with Crippen LogP contribution in [0.4, 0.5) is 5.69 Å². The Labute approximate surface area is 210 Å². The summed E-state index contributed by atoms with van der Waals surface area (Å²) in [5, 5.41) is 11.0. The van der Waals surface area contributed by atoms with Crippen LogP contribution in [0.25, 0.3) is 6.08 Å². The molecule has 3 aromatic rings. The van der Waals surface area contributed by atoms with Crippen molar-refractivity contribution in [1.29, 1.82) is 0 Å². The largest absolute Gasteiger partial charge is 0.494 e. The van der Waals surface area contributed by atoms with Gasteiger partial charge in [0.15, 0.2) is 4.80 Å². The minimum absolute atomic E-state index is 0.0342. The number of carbonyl (C=O) groups is 1. The zero-order valence-electron chi connectivity index (χ0n) is 20.3. The van der Waals surface area contributed by atoms with Gasteiger partial charge in [0.1, 0.15) is 5.75 Å². The fraction of sp³-hybridized carbons (Fsp3) is 0.269. The van der Waals surface area contributed by atoms with E-state index in [1.54, 1.807) is 51.1 Å². The van der Waals surface area contributed by atoms with Crippen LogP contribution in [0, 0.1) is 10.1 Å². The van der Waals surface area contributed by atoms with E-state index in [2.05, 4.69) is 4.99 Å². The highest BCUT2D eigenvalue weighted by Gasteiger charge is 2.33. The maximum Gasteiger partial charge on any atom is 0.338 e. The van der Waals surface area contributed by atoms with Crippen molar-refractivity contribution in [3.05, 3.63) is 101 Å². The van der Waals surface area contributed by atoms with Crippen LogP contribution in [0.1, 0.15) is 44.9 Å². The van der Waals surface area contributed by atoms with Crippen molar-refractivity contribution in [3.63, 3.8) is 0 Å². The molecule has 1 aliphatic heterocycles. The molecule has 0 aliphatic carbocycles. The predicted octanol–water partition coefficient (Wildman–Crippen LogP) is 3.49. The summed E-state index contributed by atoms with van der Waals surface area (Å²) in [4.78, 5) is 42.2. The lowest BCUT2D eigenvalue weighted by Gasteiger charge is -2.25. The molecule has 1 aromatic heterocycles. The van der Waals surface area contributed by atoms with Gasteiger partial charge in [-0.05, 0) is 69.2 Å². The highest BCUT2D eigenvalue weighted by molar-refractivity contribution is 7.07. The molecule has 4 rings (SSSR count). The summed E-state index contributed by atoms with van der Waals surface area (Å²) in [6.07, 6.45) is 1.32. The molecular weight excluding hydrogens is 482 g/mol. The second-order valence-electron chi connectivity index (χ2n) is 8.39. The zero-order chi connectivity index (χ0) is 26.0. The van der Waals surface area contributed by atoms with Crippen LogP contribution in [0.5, 0.6) is 5.75 Å². The number of benzene rings is 2. The van der Waals surface area contributed by atoms with E-state index in [4.69, 9.17) is 9.47 Å². The molecule has 2 heterocycles. The van der Waals surface area contributed by atoms with E-state index in [0.29, 0.717) is 44.1 Å². The van der Waals surface area contributed by atoms with Gasteiger partial charge >= 0.3 is 5.97 Å². The van der Waals surface area contributed by atoms with E-state index in [0.717, 1.165) is 0 Å². The molecule has 0 N–H and O–H groups in total. The Morgan fingerprint density at radius 1 is 1.19 bits per heavy atom. The lowest BCUT2D eigenvalue weighted by Crippen LogP contribution is -2.40. The van der Waals surface area contributed by atoms with E-state index >= 15 is 0 Å². The first-order valence-corrected chi connectivity index (χ1v) is 12.2. The topological polar surface area (TPSA) is 113 Å². The van der Waals surface area contributed by atoms with Crippen LogP contribution in [0.2, 0.25) is 0 Å². The van der Waals surface area contributed by atoms with Crippen molar-refractivity contribution in [2.24, 2.45) is 4.99 Å². The molecule has 10 heteroatoms. The normalized spacial score (nSPS) is 15.5. The van der Waals surface area contributed by atoms with E-state index in [-0.39, 0.29) is 17.4 Å². The summed E-state index contributed by atoms with van der Waals surface area (Å²) in [6.45, 7) is 7.66. The second-order valence-corrected chi connectivity index (χ2v) is 9.40. The monoisotopic (exact) mass is 507 g/mol. The number of nitrogens with zero attached hydrogens (tertiary/aromatic N) is 3. The zero-order valence-corrected chi connectivity index (χ0v) is 21.1. The van der Waals surface area contributed by atoms with Crippen molar-refractivity contribution in [2.45, 2.75) is 39.8 Å². The number of rotatable bonds is 7. The molecule has 0 saturated heterocycles. The Balaban J connectivity index is 1.88. The standard InChI is InChI=1S/C26H25N3O6S/c1-5-34-20-12-8-18(9-13-20)23-22(25(31)35-15(2)3)16(4)27-26-28(23)24(30)21(36-26)14-17-6-10-19(11-7-17)29(32)33/h6-15,23H,5H2,1-4H3/b21-14-. The predicted molar refractivity (Wildman–Crippen MR) is 136 cm³/mol. The van der Waals surface area contributed by atoms with Gasteiger partial charge in [0, 0.05) is 12.1 Å². The molecule has 0 saturated carbocycles. The first kappa shape index (κ1) is 25.1. The molecule has 0 fully saturated rings. The number of thiazole rings is 1. The van der Waals surface area contributed by atoms with Crippen molar-refractivity contribution >= 4 is 29.1 Å². The minimum Gasteiger partial charge on any atom is -0.494 e. The van der Waals surface area contributed by atoms with Crippen LogP contribution >= 0.6 is 11.3 Å². The minimum atomic E-state index is -0.734. The fourth-order valence-electron chi connectivity index (χ4n) is 3.93. The van der Waals surface area contributed by atoms with Crippen molar-refractivity contribution < 1.29 is 19.2 Å². The Kier molecular flexibility index (Phi) is 7.16. The molecule has 0 radical (unpaired) electrons. The highest BCUT2D eigenvalue weighted by Crippen LogP contribution is 2.32. The van der Waals surface area contributed by atoms with Crippen LogP contribution in [-0.2, 0) is 9.53 Å². The molecule has 1 unspecified atom stereocenters. The van der Waals surface area contributed by atoms with Crippen molar-refractivity contribution in [1.82, 2.24) is 4.57 Å². The van der Waals surface area contributed by atoms with Gasteiger partial charge in [-0.3, -0.25) is 19.5 Å². The van der Waals surface area contributed by atoms with Gasteiger partial charge in [0.2, 0.25) is 0 Å². The molecule has 2 aromatic carbocycles. The maximum atomic E-state index is 13.6. The lowest BCUT2D eigenvalue weighted by atomic mass is 9.96. The molecule has 9 nitrogen and oxygen atoms in total. The molecule has 1 atom stereocenters. The molecular formula is C26H25N3O6S. The Morgan fingerprint density at radius 2 is 1.86 bits per heavy atom. The summed E-state index contributed by atoms with van der Waals surface area (Å²) >= 11 is 1.19. The van der Waals surface area contributed by atoms with E-state index in [9.17, 15) is 19.7 Å². The van der Waals surface area contributed by atoms with Gasteiger partial charge in [0.25, 0.3) is 11.2 Å². The lowest BCUT2D eigenvalue weighted by molar-refractivity contribution is -0.384. The van der Waals surface area contributed by atoms with Crippen LogP contribution in [0.15, 0.2) is 69.6 Å². The van der Waals surface area contributed by atoms with Crippen LogP contribution < -0.4 is 19.6 Å². The average Bonchev–Trinajstić information content (AvgIpc) is 3.13. The maximum absolute atomic E-state index is 13.6. The Bertz CT molecular complexity index is 1520. The third-order valence-corrected chi connectivity index (χ3v) is 6.48. The van der Waals surface area contributed by atoms with Crippen LogP contribution in [0.3, 0.4) is 0 Å². The van der Waals surface area contributed by atoms with E-state index in [1.165, 1.54) is 28.0 Å². The molecule has 186 valence electrons. The smallest absolute Gasteiger partial charge is 0.338 e. The molecule has 0 bridgehead atoms. The van der Waals surface area contributed by atoms with Gasteiger partial charge in [-0.1, -0.05) is 23.5 Å².